The maximum atomic E-state index is 11.9. The number of benzene rings is 2. The molecule has 0 bridgehead atoms. The molecule has 0 aliphatic carbocycles. The molecule has 4 rings (SSSR count). The Hall–Kier alpha value is -3.76. The van der Waals surface area contributed by atoms with Gasteiger partial charge >= 0.3 is 0 Å². The van der Waals surface area contributed by atoms with Gasteiger partial charge in [-0.2, -0.15) is 0 Å². The number of amides is 2. The Bertz CT molecular complexity index is 1080. The minimum absolute atomic E-state index is 0.270. The SMILES string of the molecule is O=C1NC(=S)NC1=Cc1ccccc1OCCOc1ccccc1C=C1NC(=S)NC1=O. The molecule has 0 aromatic heterocycles. The molecule has 2 aromatic carbocycles. The molecule has 4 N–H and O–H groups in total. The van der Waals surface area contributed by atoms with E-state index in [4.69, 9.17) is 33.9 Å². The van der Waals surface area contributed by atoms with Gasteiger partial charge in [-0.3, -0.25) is 20.2 Å². The van der Waals surface area contributed by atoms with E-state index in [1.165, 1.54) is 0 Å². The van der Waals surface area contributed by atoms with E-state index in [0.717, 1.165) is 11.1 Å². The van der Waals surface area contributed by atoms with Crippen molar-refractivity contribution in [2.45, 2.75) is 0 Å². The number of thiocarbonyl (C=S) groups is 2. The normalized spacial score (nSPS) is 17.8. The number of para-hydroxylation sites is 2. The van der Waals surface area contributed by atoms with E-state index in [1.54, 1.807) is 12.2 Å². The summed E-state index contributed by atoms with van der Waals surface area (Å²) in [5, 5.41) is 11.2. The highest BCUT2D eigenvalue weighted by Gasteiger charge is 2.21. The Labute approximate surface area is 194 Å². The van der Waals surface area contributed by atoms with Crippen LogP contribution in [0.1, 0.15) is 11.1 Å². The van der Waals surface area contributed by atoms with Crippen LogP contribution in [0.5, 0.6) is 11.5 Å². The predicted octanol–water partition coefficient (Wildman–Crippen LogP) is 1.83. The van der Waals surface area contributed by atoms with E-state index in [-0.39, 0.29) is 35.3 Å². The quantitative estimate of drug-likeness (QED) is 0.279. The Balaban J connectivity index is 1.39. The summed E-state index contributed by atoms with van der Waals surface area (Å²) >= 11 is 9.91. The Morgan fingerprint density at radius 2 is 1.06 bits per heavy atom. The number of carbonyl (C=O) groups is 2. The fourth-order valence-corrected chi connectivity index (χ4v) is 3.45. The average molecular weight is 467 g/mol. The van der Waals surface area contributed by atoms with Crippen molar-refractivity contribution in [3.8, 4) is 11.5 Å². The highest BCUT2D eigenvalue weighted by molar-refractivity contribution is 7.80. The summed E-state index contributed by atoms with van der Waals surface area (Å²) in [5.41, 5.74) is 2.17. The van der Waals surface area contributed by atoms with E-state index in [0.29, 0.717) is 22.9 Å². The van der Waals surface area contributed by atoms with Gasteiger partial charge in [0.25, 0.3) is 11.8 Å². The highest BCUT2D eigenvalue weighted by atomic mass is 32.1. The van der Waals surface area contributed by atoms with Crippen molar-refractivity contribution in [3.63, 3.8) is 0 Å². The van der Waals surface area contributed by atoms with E-state index < -0.39 is 0 Å². The first-order chi connectivity index (χ1) is 15.5. The number of hydrogen-bond donors (Lipinski definition) is 4. The molecule has 0 spiro atoms. The van der Waals surface area contributed by atoms with E-state index >= 15 is 0 Å². The number of carbonyl (C=O) groups excluding carboxylic acids is 2. The molecule has 0 saturated carbocycles. The molecule has 2 amide bonds. The van der Waals surface area contributed by atoms with Crippen molar-refractivity contribution in [2.24, 2.45) is 0 Å². The van der Waals surface area contributed by atoms with Gasteiger partial charge in [-0.25, -0.2) is 0 Å². The maximum absolute atomic E-state index is 11.9. The number of rotatable bonds is 7. The lowest BCUT2D eigenvalue weighted by Crippen LogP contribution is -2.21. The van der Waals surface area contributed by atoms with E-state index in [9.17, 15) is 9.59 Å². The van der Waals surface area contributed by atoms with Crippen LogP contribution in [0.3, 0.4) is 0 Å². The third-order valence-corrected chi connectivity index (χ3v) is 4.88. The molecule has 10 heteroatoms. The zero-order valence-corrected chi connectivity index (χ0v) is 18.3. The average Bonchev–Trinajstić information content (AvgIpc) is 3.26. The van der Waals surface area contributed by atoms with Crippen LogP contribution in [-0.4, -0.2) is 35.3 Å². The summed E-state index contributed by atoms with van der Waals surface area (Å²) in [7, 11) is 0. The number of hydrogen-bond acceptors (Lipinski definition) is 6. The Morgan fingerprint density at radius 3 is 1.44 bits per heavy atom. The first-order valence-electron chi connectivity index (χ1n) is 9.61. The molecule has 2 aliphatic rings. The highest BCUT2D eigenvalue weighted by Crippen LogP contribution is 2.23. The predicted molar refractivity (Wildman–Crippen MR) is 128 cm³/mol. The van der Waals surface area contributed by atoms with Gasteiger partial charge < -0.3 is 20.1 Å². The molecule has 2 fully saturated rings. The summed E-state index contributed by atoms with van der Waals surface area (Å²) in [6.45, 7) is 0.540. The molecule has 0 atom stereocenters. The number of ether oxygens (including phenoxy) is 2. The second-order valence-corrected chi connectivity index (χ2v) is 7.52. The third kappa shape index (κ3) is 5.10. The van der Waals surface area contributed by atoms with Gasteiger partial charge in [0.2, 0.25) is 0 Å². The molecule has 162 valence electrons. The van der Waals surface area contributed by atoms with Crippen molar-refractivity contribution < 1.29 is 19.1 Å². The van der Waals surface area contributed by atoms with E-state index in [2.05, 4.69) is 21.3 Å². The summed E-state index contributed by atoms with van der Waals surface area (Å²) in [6.07, 6.45) is 3.35. The first-order valence-corrected chi connectivity index (χ1v) is 10.4. The van der Waals surface area contributed by atoms with Crippen LogP contribution in [-0.2, 0) is 9.59 Å². The lowest BCUT2D eigenvalue weighted by Gasteiger charge is -2.12. The zero-order chi connectivity index (χ0) is 22.5. The Morgan fingerprint density at radius 1 is 0.656 bits per heavy atom. The second kappa shape index (κ2) is 9.58. The second-order valence-electron chi connectivity index (χ2n) is 6.71. The van der Waals surface area contributed by atoms with Gasteiger partial charge in [-0.05, 0) is 48.7 Å². The Kier molecular flexibility index (Phi) is 6.43. The summed E-state index contributed by atoms with van der Waals surface area (Å²) in [4.78, 5) is 23.8. The summed E-state index contributed by atoms with van der Waals surface area (Å²) < 4.78 is 11.7. The van der Waals surface area contributed by atoms with Crippen molar-refractivity contribution in [1.82, 2.24) is 21.3 Å². The van der Waals surface area contributed by atoms with E-state index in [1.807, 2.05) is 48.5 Å². The van der Waals surface area contributed by atoms with Crippen LogP contribution in [0.25, 0.3) is 12.2 Å². The van der Waals surface area contributed by atoms with Gasteiger partial charge in [0.05, 0.1) is 0 Å². The molecule has 32 heavy (non-hydrogen) atoms. The number of nitrogens with one attached hydrogen (secondary N) is 4. The molecular formula is C22H18N4O4S2. The summed E-state index contributed by atoms with van der Waals surface area (Å²) in [6, 6.07) is 14.7. The van der Waals surface area contributed by atoms with Gasteiger partial charge in [0, 0.05) is 11.1 Å². The van der Waals surface area contributed by atoms with Crippen molar-refractivity contribution >= 4 is 58.6 Å². The molecule has 2 saturated heterocycles. The van der Waals surface area contributed by atoms with Gasteiger partial charge in [0.15, 0.2) is 10.2 Å². The topological polar surface area (TPSA) is 101 Å². The van der Waals surface area contributed by atoms with Crippen LogP contribution in [0.2, 0.25) is 0 Å². The zero-order valence-electron chi connectivity index (χ0n) is 16.6. The minimum atomic E-state index is -0.287. The molecule has 2 aromatic rings. The monoisotopic (exact) mass is 466 g/mol. The molecule has 8 nitrogen and oxygen atoms in total. The smallest absolute Gasteiger partial charge is 0.273 e. The largest absolute Gasteiger partial charge is 0.489 e. The molecular weight excluding hydrogens is 448 g/mol. The molecule has 2 aliphatic heterocycles. The van der Waals surface area contributed by atoms with Gasteiger partial charge in [0.1, 0.15) is 36.1 Å². The lowest BCUT2D eigenvalue weighted by atomic mass is 10.1. The van der Waals surface area contributed by atoms with Crippen molar-refractivity contribution in [3.05, 3.63) is 71.1 Å². The molecule has 0 radical (unpaired) electrons. The standard InChI is InChI=1S/C22H18N4O4S2/c27-19-15(23-21(31)25-19)11-13-5-1-3-7-17(13)29-9-10-30-18-8-4-2-6-14(18)12-16-20(28)26-22(32)24-16/h1-8,11-12H,9-10H2,(H2,23,25,27,31)(H2,24,26,28,32). The fraction of sp³-hybridized carbons (Fsp3) is 0.0909. The van der Waals surface area contributed by atoms with Crippen LogP contribution >= 0.6 is 24.4 Å². The molecule has 0 unspecified atom stereocenters. The van der Waals surface area contributed by atoms with Crippen molar-refractivity contribution in [2.75, 3.05) is 13.2 Å². The summed E-state index contributed by atoms with van der Waals surface area (Å²) in [5.74, 6) is 0.633. The van der Waals surface area contributed by atoms with Crippen LogP contribution in [0.15, 0.2) is 59.9 Å². The van der Waals surface area contributed by atoms with Crippen LogP contribution in [0.4, 0.5) is 0 Å². The fourth-order valence-electron chi connectivity index (χ4n) is 3.04. The van der Waals surface area contributed by atoms with Gasteiger partial charge in [-0.15, -0.1) is 0 Å². The maximum Gasteiger partial charge on any atom is 0.273 e. The van der Waals surface area contributed by atoms with Crippen LogP contribution in [0, 0.1) is 0 Å². The first kappa shape index (κ1) is 21.5. The third-order valence-electron chi connectivity index (χ3n) is 4.48. The lowest BCUT2D eigenvalue weighted by molar-refractivity contribution is -0.116. The van der Waals surface area contributed by atoms with Crippen molar-refractivity contribution in [1.29, 1.82) is 0 Å². The molecule has 2 heterocycles. The minimum Gasteiger partial charge on any atom is -0.489 e. The van der Waals surface area contributed by atoms with Gasteiger partial charge in [-0.1, -0.05) is 36.4 Å². The van der Waals surface area contributed by atoms with Crippen LogP contribution < -0.4 is 30.7 Å².